The van der Waals surface area contributed by atoms with Crippen LogP contribution in [0.5, 0.6) is 0 Å². The van der Waals surface area contributed by atoms with Gasteiger partial charge in [-0.2, -0.15) is 0 Å². The van der Waals surface area contributed by atoms with Gasteiger partial charge >= 0.3 is 5.97 Å². The van der Waals surface area contributed by atoms with E-state index in [1.54, 1.807) is 0 Å². The van der Waals surface area contributed by atoms with Crippen LogP contribution in [0.25, 0.3) is 0 Å². The van der Waals surface area contributed by atoms with Gasteiger partial charge in [0.1, 0.15) is 5.78 Å². The predicted molar refractivity (Wildman–Crippen MR) is 106 cm³/mol. The molecule has 0 amide bonds. The minimum absolute atomic E-state index is 0.280. The molecule has 0 aromatic heterocycles. The van der Waals surface area contributed by atoms with E-state index in [-0.39, 0.29) is 6.42 Å². The maximum absolute atomic E-state index is 12.6. The SMILES string of the molecule is CCCCC(C)(C)C1CCC2C(CC(=O)C2CCCCCCC(=O)O)C1. The van der Waals surface area contributed by atoms with Gasteiger partial charge < -0.3 is 5.11 Å². The van der Waals surface area contributed by atoms with Crippen molar-refractivity contribution in [3.63, 3.8) is 0 Å². The van der Waals surface area contributed by atoms with Gasteiger partial charge in [-0.15, -0.1) is 0 Å². The van der Waals surface area contributed by atoms with Gasteiger partial charge in [-0.05, 0) is 61.7 Å². The van der Waals surface area contributed by atoms with Crippen molar-refractivity contribution in [3.8, 4) is 0 Å². The first-order valence-electron chi connectivity index (χ1n) is 11.1. The van der Waals surface area contributed by atoms with Crippen molar-refractivity contribution in [3.05, 3.63) is 0 Å². The number of unbranched alkanes of at least 4 members (excludes halogenated alkanes) is 4. The van der Waals surface area contributed by atoms with Crippen LogP contribution in [-0.2, 0) is 9.59 Å². The summed E-state index contributed by atoms with van der Waals surface area (Å²) >= 11 is 0. The molecule has 2 fully saturated rings. The molecule has 0 spiro atoms. The molecule has 1 N–H and O–H groups in total. The quantitative estimate of drug-likeness (QED) is 0.441. The van der Waals surface area contributed by atoms with Gasteiger partial charge in [-0.3, -0.25) is 9.59 Å². The predicted octanol–water partition coefficient (Wildman–Crippen LogP) is 6.25. The Balaban J connectivity index is 1.77. The fourth-order valence-electron chi connectivity index (χ4n) is 5.62. The second kappa shape index (κ2) is 9.90. The van der Waals surface area contributed by atoms with Crippen LogP contribution in [0.2, 0.25) is 0 Å². The highest BCUT2D eigenvalue weighted by molar-refractivity contribution is 5.83. The van der Waals surface area contributed by atoms with Crippen LogP contribution in [0.4, 0.5) is 0 Å². The molecular formula is C23H40O3. The molecule has 150 valence electrons. The Morgan fingerprint density at radius 1 is 1.12 bits per heavy atom. The first-order chi connectivity index (χ1) is 12.3. The molecule has 3 nitrogen and oxygen atoms in total. The summed E-state index contributed by atoms with van der Waals surface area (Å²) in [6.45, 7) is 7.16. The van der Waals surface area contributed by atoms with Gasteiger partial charge in [0.2, 0.25) is 0 Å². The van der Waals surface area contributed by atoms with Crippen molar-refractivity contribution < 1.29 is 14.7 Å². The highest BCUT2D eigenvalue weighted by atomic mass is 16.4. The zero-order chi connectivity index (χ0) is 19.2. The minimum Gasteiger partial charge on any atom is -0.481 e. The van der Waals surface area contributed by atoms with E-state index in [2.05, 4.69) is 20.8 Å². The van der Waals surface area contributed by atoms with E-state index in [1.165, 1.54) is 38.5 Å². The number of carbonyl (C=O) groups is 2. The third kappa shape index (κ3) is 5.82. The molecule has 2 aliphatic rings. The Bertz CT molecular complexity index is 468. The lowest BCUT2D eigenvalue weighted by Gasteiger charge is -2.42. The number of hydrogen-bond donors (Lipinski definition) is 1. The molecule has 0 bridgehead atoms. The monoisotopic (exact) mass is 364 g/mol. The van der Waals surface area contributed by atoms with Crippen LogP contribution in [0.15, 0.2) is 0 Å². The third-order valence-electron chi connectivity index (χ3n) is 7.37. The van der Waals surface area contributed by atoms with Crippen molar-refractivity contribution in [1.29, 1.82) is 0 Å². The largest absolute Gasteiger partial charge is 0.481 e. The highest BCUT2D eigenvalue weighted by Gasteiger charge is 2.46. The lowest BCUT2D eigenvalue weighted by atomic mass is 9.63. The van der Waals surface area contributed by atoms with Gasteiger partial charge in [0, 0.05) is 18.8 Å². The highest BCUT2D eigenvalue weighted by Crippen LogP contribution is 2.52. The zero-order valence-electron chi connectivity index (χ0n) is 17.3. The Morgan fingerprint density at radius 2 is 1.85 bits per heavy atom. The van der Waals surface area contributed by atoms with E-state index in [1.807, 2.05) is 0 Å². The topological polar surface area (TPSA) is 54.4 Å². The number of Topliss-reactive ketones (excluding diaryl/α,β-unsaturated/α-hetero) is 1. The molecule has 0 heterocycles. The Kier molecular flexibility index (Phi) is 8.16. The molecule has 0 saturated heterocycles. The van der Waals surface area contributed by atoms with E-state index >= 15 is 0 Å². The maximum Gasteiger partial charge on any atom is 0.303 e. The van der Waals surface area contributed by atoms with Crippen molar-refractivity contribution in [2.24, 2.45) is 29.1 Å². The second-order valence-electron chi connectivity index (χ2n) is 9.65. The molecule has 2 saturated carbocycles. The van der Waals surface area contributed by atoms with Crippen LogP contribution in [0.3, 0.4) is 0 Å². The molecule has 2 aliphatic carbocycles. The Morgan fingerprint density at radius 3 is 2.54 bits per heavy atom. The van der Waals surface area contributed by atoms with Crippen molar-refractivity contribution in [2.45, 2.75) is 104 Å². The van der Waals surface area contributed by atoms with Gasteiger partial charge in [-0.25, -0.2) is 0 Å². The maximum atomic E-state index is 12.6. The summed E-state index contributed by atoms with van der Waals surface area (Å²) in [5.74, 6) is 2.20. The number of ketones is 1. The molecule has 3 heteroatoms. The standard InChI is InChI=1S/C23H40O3/c1-4-5-14-23(2,3)18-12-13-19-17(15-18)16-21(24)20(19)10-8-6-7-9-11-22(25)26/h17-20H,4-16H2,1-3H3,(H,25,26). The van der Waals surface area contributed by atoms with E-state index in [0.29, 0.717) is 29.0 Å². The molecule has 26 heavy (non-hydrogen) atoms. The number of carboxylic acids is 1. The molecule has 0 aliphatic heterocycles. The van der Waals surface area contributed by atoms with Crippen molar-refractivity contribution in [2.75, 3.05) is 0 Å². The van der Waals surface area contributed by atoms with Crippen LogP contribution in [0, 0.1) is 29.1 Å². The summed E-state index contributed by atoms with van der Waals surface area (Å²) in [5, 5.41) is 8.69. The molecule has 0 aromatic rings. The van der Waals surface area contributed by atoms with Crippen LogP contribution in [-0.4, -0.2) is 16.9 Å². The summed E-state index contributed by atoms with van der Waals surface area (Å²) in [7, 11) is 0. The van der Waals surface area contributed by atoms with E-state index in [4.69, 9.17) is 5.11 Å². The fourth-order valence-corrected chi connectivity index (χ4v) is 5.62. The van der Waals surface area contributed by atoms with E-state index < -0.39 is 5.97 Å². The average Bonchev–Trinajstić information content (AvgIpc) is 2.90. The zero-order valence-corrected chi connectivity index (χ0v) is 17.3. The van der Waals surface area contributed by atoms with Gasteiger partial charge in [0.25, 0.3) is 0 Å². The fraction of sp³-hybridized carbons (Fsp3) is 0.913. The summed E-state index contributed by atoms with van der Waals surface area (Å²) in [4.78, 5) is 23.2. The number of carboxylic acid groups (broad SMARTS) is 1. The summed E-state index contributed by atoms with van der Waals surface area (Å²) in [6.07, 6.45) is 13.8. The molecular weight excluding hydrogens is 324 g/mol. The molecule has 4 atom stereocenters. The number of hydrogen-bond acceptors (Lipinski definition) is 2. The molecule has 2 rings (SSSR count). The van der Waals surface area contributed by atoms with Crippen LogP contribution in [0.1, 0.15) is 104 Å². The normalized spacial score (nSPS) is 29.0. The number of aliphatic carboxylic acids is 1. The second-order valence-corrected chi connectivity index (χ2v) is 9.65. The van der Waals surface area contributed by atoms with E-state index in [0.717, 1.165) is 44.4 Å². The van der Waals surface area contributed by atoms with Crippen LogP contribution < -0.4 is 0 Å². The molecule has 4 unspecified atom stereocenters. The van der Waals surface area contributed by atoms with Crippen molar-refractivity contribution in [1.82, 2.24) is 0 Å². The minimum atomic E-state index is -0.697. The summed E-state index contributed by atoms with van der Waals surface area (Å²) in [6, 6.07) is 0. The number of fused-ring (bicyclic) bond motifs is 1. The Hall–Kier alpha value is -0.860. The molecule has 0 aromatic carbocycles. The summed E-state index contributed by atoms with van der Waals surface area (Å²) in [5.41, 5.74) is 0.423. The lowest BCUT2D eigenvalue weighted by Crippen LogP contribution is -2.33. The number of rotatable bonds is 11. The van der Waals surface area contributed by atoms with Crippen LogP contribution >= 0.6 is 0 Å². The lowest BCUT2D eigenvalue weighted by molar-refractivity contribution is -0.137. The van der Waals surface area contributed by atoms with E-state index in [9.17, 15) is 9.59 Å². The first-order valence-corrected chi connectivity index (χ1v) is 11.1. The third-order valence-corrected chi connectivity index (χ3v) is 7.37. The first kappa shape index (κ1) is 21.4. The van der Waals surface area contributed by atoms with Crippen molar-refractivity contribution >= 4 is 11.8 Å². The van der Waals surface area contributed by atoms with Gasteiger partial charge in [-0.1, -0.05) is 52.9 Å². The summed E-state index contributed by atoms with van der Waals surface area (Å²) < 4.78 is 0. The van der Waals surface area contributed by atoms with Gasteiger partial charge in [0.15, 0.2) is 0 Å². The molecule has 0 radical (unpaired) electrons. The Labute approximate surface area is 160 Å². The van der Waals surface area contributed by atoms with Gasteiger partial charge in [0.05, 0.1) is 0 Å². The average molecular weight is 365 g/mol. The number of carbonyl (C=O) groups excluding carboxylic acids is 1. The smallest absolute Gasteiger partial charge is 0.303 e.